The zero-order valence-electron chi connectivity index (χ0n) is 8.33. The van der Waals surface area contributed by atoms with Crippen LogP contribution < -0.4 is 0 Å². The summed E-state index contributed by atoms with van der Waals surface area (Å²) in [6.07, 6.45) is 0.00296. The largest absolute Gasteiger partial charge is 0.453 e. The molecule has 0 aromatic carbocycles. The molecule has 6 heteroatoms. The van der Waals surface area contributed by atoms with Crippen molar-refractivity contribution in [3.8, 4) is 0 Å². The zero-order chi connectivity index (χ0) is 11.3. The Balaban J connectivity index is 2.62. The highest BCUT2D eigenvalue weighted by Crippen LogP contribution is 2.15. The van der Waals surface area contributed by atoms with E-state index in [2.05, 4.69) is 0 Å². The molecule has 0 aromatic rings. The summed E-state index contributed by atoms with van der Waals surface area (Å²) < 4.78 is 14.7. The van der Waals surface area contributed by atoms with Gasteiger partial charge in [-0.15, -0.1) is 0 Å². The molecule has 0 spiro atoms. The van der Waals surface area contributed by atoms with Gasteiger partial charge in [0.2, 0.25) is 0 Å². The van der Waals surface area contributed by atoms with Gasteiger partial charge < -0.3 is 24.4 Å². The van der Waals surface area contributed by atoms with Gasteiger partial charge in [0.25, 0.3) is 0 Å². The van der Waals surface area contributed by atoms with E-state index in [4.69, 9.17) is 19.3 Å². The van der Waals surface area contributed by atoms with Gasteiger partial charge in [-0.3, -0.25) is 0 Å². The van der Waals surface area contributed by atoms with Crippen LogP contribution in [0.1, 0.15) is 0 Å². The molecule has 0 fully saturated rings. The van der Waals surface area contributed by atoms with Gasteiger partial charge in [-0.2, -0.15) is 0 Å². The third-order valence-electron chi connectivity index (χ3n) is 1.94. The zero-order valence-corrected chi connectivity index (χ0v) is 8.33. The average molecular weight is 218 g/mol. The second-order valence-corrected chi connectivity index (χ2v) is 3.05. The number of rotatable bonds is 5. The van der Waals surface area contributed by atoms with Gasteiger partial charge in [-0.1, -0.05) is 0 Å². The van der Waals surface area contributed by atoms with Gasteiger partial charge in [-0.25, -0.2) is 4.79 Å². The van der Waals surface area contributed by atoms with Gasteiger partial charge in [0.15, 0.2) is 6.10 Å². The minimum atomic E-state index is -1.17. The fourth-order valence-electron chi connectivity index (χ4n) is 1.22. The van der Waals surface area contributed by atoms with E-state index in [9.17, 15) is 9.90 Å². The molecule has 0 aromatic heterocycles. The number of hydrogen-bond acceptors (Lipinski definition) is 6. The Morgan fingerprint density at radius 2 is 2.40 bits per heavy atom. The first-order valence-corrected chi connectivity index (χ1v) is 4.47. The van der Waals surface area contributed by atoms with Crippen molar-refractivity contribution in [3.63, 3.8) is 0 Å². The quantitative estimate of drug-likeness (QED) is 0.446. The maximum absolute atomic E-state index is 10.9. The molecule has 1 aliphatic rings. The minimum absolute atomic E-state index is 0.0151. The van der Waals surface area contributed by atoms with E-state index in [0.717, 1.165) is 0 Å². The summed E-state index contributed by atoms with van der Waals surface area (Å²) in [6, 6.07) is 0. The highest BCUT2D eigenvalue weighted by molar-refractivity contribution is 5.83. The molecule has 0 saturated heterocycles. The van der Waals surface area contributed by atoms with Gasteiger partial charge in [0, 0.05) is 13.2 Å². The van der Waals surface area contributed by atoms with Crippen LogP contribution in [0, 0.1) is 0 Å². The number of aliphatic hydroxyl groups excluding tert-OH is 2. The predicted molar refractivity (Wildman–Crippen MR) is 48.9 cm³/mol. The summed E-state index contributed by atoms with van der Waals surface area (Å²) in [7, 11) is 1.45. The number of esters is 1. The monoisotopic (exact) mass is 218 g/mol. The lowest BCUT2D eigenvalue weighted by molar-refractivity contribution is -0.174. The van der Waals surface area contributed by atoms with Crippen molar-refractivity contribution in [1.82, 2.24) is 0 Å². The van der Waals surface area contributed by atoms with Crippen molar-refractivity contribution < 1.29 is 29.2 Å². The predicted octanol–water partition coefficient (Wildman–Crippen LogP) is -1.19. The first-order chi connectivity index (χ1) is 7.19. The van der Waals surface area contributed by atoms with E-state index in [1.807, 2.05) is 0 Å². The molecule has 0 aliphatic carbocycles. The molecule has 0 unspecified atom stereocenters. The Hall–Kier alpha value is -0.950. The highest BCUT2D eigenvalue weighted by Gasteiger charge is 2.33. The lowest BCUT2D eigenvalue weighted by Gasteiger charge is -2.29. The summed E-state index contributed by atoms with van der Waals surface area (Å²) >= 11 is 0. The fraction of sp³-hybridized carbons (Fsp3) is 0.667. The van der Waals surface area contributed by atoms with Crippen LogP contribution in [-0.4, -0.2) is 55.0 Å². The third kappa shape index (κ3) is 3.28. The minimum Gasteiger partial charge on any atom is -0.453 e. The van der Waals surface area contributed by atoms with Crippen molar-refractivity contribution >= 4 is 5.97 Å². The third-order valence-corrected chi connectivity index (χ3v) is 1.94. The van der Waals surface area contributed by atoms with Crippen molar-refractivity contribution in [1.29, 1.82) is 0 Å². The van der Waals surface area contributed by atoms with E-state index >= 15 is 0 Å². The Kier molecular flexibility index (Phi) is 4.70. The van der Waals surface area contributed by atoms with Crippen molar-refractivity contribution in [3.05, 3.63) is 12.2 Å². The molecule has 2 N–H and O–H groups in total. The maximum atomic E-state index is 10.9. The summed E-state index contributed by atoms with van der Waals surface area (Å²) in [5, 5.41) is 18.2. The molecule has 1 aliphatic heterocycles. The second kappa shape index (κ2) is 5.82. The van der Waals surface area contributed by atoms with Crippen LogP contribution >= 0.6 is 0 Å². The van der Waals surface area contributed by atoms with Crippen LogP contribution in [0.25, 0.3) is 0 Å². The van der Waals surface area contributed by atoms with Crippen molar-refractivity contribution in [2.45, 2.75) is 18.3 Å². The molecule has 1 rings (SSSR count). The van der Waals surface area contributed by atoms with Crippen molar-refractivity contribution in [2.24, 2.45) is 0 Å². The molecule has 0 bridgehead atoms. The van der Waals surface area contributed by atoms with Gasteiger partial charge >= 0.3 is 5.97 Å². The molecule has 0 saturated carbocycles. The molecule has 0 radical (unpaired) electrons. The number of carbonyl (C=O) groups is 1. The molecule has 0 amide bonds. The van der Waals surface area contributed by atoms with Crippen LogP contribution in [-0.2, 0) is 19.0 Å². The van der Waals surface area contributed by atoms with Gasteiger partial charge in [0.05, 0.1) is 6.61 Å². The molecule has 15 heavy (non-hydrogen) atoms. The van der Waals surface area contributed by atoms with Crippen LogP contribution in [0.4, 0.5) is 0 Å². The summed E-state index contributed by atoms with van der Waals surface area (Å²) in [5.41, 5.74) is 0. The van der Waals surface area contributed by atoms with Gasteiger partial charge in [-0.05, 0) is 6.08 Å². The molecular formula is C9H14O6. The Bertz CT molecular complexity index is 239. The SMILES string of the molecule is COCO[C@H]1C=CC(=O)O[C@H]1[C@H](O)CO. The Morgan fingerprint density at radius 1 is 1.67 bits per heavy atom. The number of aliphatic hydroxyl groups is 2. The number of ether oxygens (including phenoxy) is 3. The summed E-state index contributed by atoms with van der Waals surface area (Å²) in [6.45, 7) is -0.486. The first kappa shape index (κ1) is 12.1. The Labute approximate surface area is 87.1 Å². The van der Waals surface area contributed by atoms with Crippen LogP contribution in [0.5, 0.6) is 0 Å². The highest BCUT2D eigenvalue weighted by atomic mass is 16.7. The van der Waals surface area contributed by atoms with E-state index in [1.54, 1.807) is 0 Å². The number of methoxy groups -OCH3 is 1. The van der Waals surface area contributed by atoms with Crippen LogP contribution in [0.15, 0.2) is 12.2 Å². The van der Waals surface area contributed by atoms with Crippen LogP contribution in [0.2, 0.25) is 0 Å². The lowest BCUT2D eigenvalue weighted by Crippen LogP contribution is -2.45. The van der Waals surface area contributed by atoms with Crippen LogP contribution in [0.3, 0.4) is 0 Å². The van der Waals surface area contributed by atoms with E-state index < -0.39 is 30.9 Å². The molecule has 6 nitrogen and oxygen atoms in total. The number of hydrogen-bond donors (Lipinski definition) is 2. The number of cyclic esters (lactones) is 1. The van der Waals surface area contributed by atoms with Gasteiger partial charge in [0.1, 0.15) is 19.0 Å². The van der Waals surface area contributed by atoms with Crippen molar-refractivity contribution in [2.75, 3.05) is 20.5 Å². The molecule has 3 atom stereocenters. The normalized spacial score (nSPS) is 27.5. The molecular weight excluding hydrogens is 204 g/mol. The van der Waals surface area contributed by atoms with E-state index in [1.165, 1.54) is 19.3 Å². The van der Waals surface area contributed by atoms with E-state index in [0.29, 0.717) is 0 Å². The lowest BCUT2D eigenvalue weighted by atomic mass is 10.1. The van der Waals surface area contributed by atoms with E-state index in [-0.39, 0.29) is 6.79 Å². The summed E-state index contributed by atoms with van der Waals surface area (Å²) in [4.78, 5) is 10.9. The molecule has 86 valence electrons. The first-order valence-electron chi connectivity index (χ1n) is 4.47. The Morgan fingerprint density at radius 3 is 3.00 bits per heavy atom. The fourth-order valence-corrected chi connectivity index (χ4v) is 1.22. The number of carbonyl (C=O) groups excluding carboxylic acids is 1. The maximum Gasteiger partial charge on any atom is 0.330 e. The summed E-state index contributed by atoms with van der Waals surface area (Å²) in [5.74, 6) is -0.565. The second-order valence-electron chi connectivity index (χ2n) is 3.05. The average Bonchev–Trinajstić information content (AvgIpc) is 2.26. The molecule has 1 heterocycles. The topological polar surface area (TPSA) is 85.2 Å². The standard InChI is InChI=1S/C9H14O6/c1-13-5-14-7-2-3-8(12)15-9(7)6(11)4-10/h2-3,6-7,9-11H,4-5H2,1H3/t6-,7+,9+/m1/s1. The smallest absolute Gasteiger partial charge is 0.330 e.